The molecule has 6 unspecified atom stereocenters. The van der Waals surface area contributed by atoms with Crippen molar-refractivity contribution in [2.45, 2.75) is 84.2 Å². The number of amidine groups is 1. The molecule has 1 aromatic rings. The van der Waals surface area contributed by atoms with Crippen molar-refractivity contribution in [1.29, 1.82) is 0 Å². The molecule has 1 aromatic heterocycles. The number of nitrogens with one attached hydrogen (secondary N) is 1. The minimum Gasteiger partial charge on any atom is -0.390 e. The van der Waals surface area contributed by atoms with Gasteiger partial charge in [-0.15, -0.1) is 0 Å². The first-order valence-corrected chi connectivity index (χ1v) is 19.4. The molecule has 26 heteroatoms. The number of rotatable bonds is 19. The summed E-state index contributed by atoms with van der Waals surface area (Å²) in [5.74, 6) is -1.02. The molecule has 0 saturated carbocycles. The van der Waals surface area contributed by atoms with E-state index in [1.807, 2.05) is 20.8 Å². The molecule has 1 aliphatic rings. The first kappa shape index (κ1) is 44.7. The van der Waals surface area contributed by atoms with Crippen LogP contribution in [0.15, 0.2) is 21.5 Å². The molecule has 0 spiro atoms. The Morgan fingerprint density at radius 1 is 1.16 bits per heavy atom. The van der Waals surface area contributed by atoms with Gasteiger partial charge < -0.3 is 50.4 Å². The lowest BCUT2D eigenvalue weighted by atomic mass is 9.87. The number of phosphoric acid groups is 3. The fourth-order valence-electron chi connectivity index (χ4n) is 4.11. The van der Waals surface area contributed by atoms with Gasteiger partial charge in [0.05, 0.1) is 25.3 Å². The van der Waals surface area contributed by atoms with E-state index in [4.69, 9.17) is 24.4 Å². The van der Waals surface area contributed by atoms with Gasteiger partial charge in [0.1, 0.15) is 41.5 Å². The van der Waals surface area contributed by atoms with E-state index in [2.05, 4.69) is 41.0 Å². The highest BCUT2D eigenvalue weighted by Gasteiger charge is 2.50. The summed E-state index contributed by atoms with van der Waals surface area (Å²) in [7, 11) is -15.0. The van der Waals surface area contributed by atoms with Crippen molar-refractivity contribution in [2.75, 3.05) is 26.8 Å². The Hall–Kier alpha value is -2.46. The van der Waals surface area contributed by atoms with Crippen molar-refractivity contribution in [3.05, 3.63) is 12.0 Å². The van der Waals surface area contributed by atoms with Crippen molar-refractivity contribution >= 4 is 53.5 Å². The van der Waals surface area contributed by atoms with Crippen molar-refractivity contribution in [2.24, 2.45) is 26.3 Å². The van der Waals surface area contributed by atoms with Gasteiger partial charge in [-0.25, -0.2) is 23.7 Å². The number of hydrogen-bond acceptors (Lipinski definition) is 16. The molecule has 0 aromatic carbocycles. The molecule has 7 atom stereocenters. The average molecular weight is 794 g/mol. The van der Waals surface area contributed by atoms with Gasteiger partial charge >= 0.3 is 23.5 Å². The van der Waals surface area contributed by atoms with Gasteiger partial charge in [-0.1, -0.05) is 19.0 Å². The molecule has 1 aliphatic heterocycles. The summed E-state index contributed by atoms with van der Waals surface area (Å²) in [6.45, 7) is 11.2. The van der Waals surface area contributed by atoms with E-state index < -0.39 is 84.2 Å². The van der Waals surface area contributed by atoms with Crippen LogP contribution in [-0.2, 0) is 45.9 Å². The maximum Gasteiger partial charge on any atom is 0.481 e. The molecular formula is C25H46N7O16P3. The van der Waals surface area contributed by atoms with Gasteiger partial charge in [-0.05, 0) is 34.4 Å². The van der Waals surface area contributed by atoms with Crippen LogP contribution in [0.3, 0.4) is 0 Å². The van der Waals surface area contributed by atoms with Crippen molar-refractivity contribution in [3.63, 3.8) is 0 Å². The maximum atomic E-state index is 12.7. The first-order chi connectivity index (χ1) is 23.2. The molecule has 292 valence electrons. The van der Waals surface area contributed by atoms with E-state index in [9.17, 15) is 48.3 Å². The molecule has 23 nitrogen and oxygen atoms in total. The molecule has 0 aliphatic carbocycles. The number of nitrogens with zero attached hydrogens (tertiary/aromatic N) is 5. The average Bonchev–Trinajstić information content (AvgIpc) is 3.56. The number of aliphatic hydroxyl groups is 2. The minimum atomic E-state index is -5.54. The SMILES string of the molecule is C=Nc1c(C(N)=NC)ncn1C1OC(COP(=O)(O)OP(=O)(O)OCC(C)(C)[C@H](O)C(=O)NCC/C(C)=N/OC(C)(C)C)C(OP(=O)(O)O)C1O. The van der Waals surface area contributed by atoms with E-state index in [0.29, 0.717) is 5.71 Å². The molecule has 51 heavy (non-hydrogen) atoms. The smallest absolute Gasteiger partial charge is 0.390 e. The molecule has 0 radical (unpaired) electrons. The molecule has 9 N–H and O–H groups in total. The minimum absolute atomic E-state index is 0.0152. The Labute approximate surface area is 293 Å². The second-order valence-corrected chi connectivity index (χ2v) is 17.0. The number of phosphoric ester groups is 3. The Morgan fingerprint density at radius 3 is 2.31 bits per heavy atom. The highest BCUT2D eigenvalue weighted by atomic mass is 31.3. The van der Waals surface area contributed by atoms with Gasteiger partial charge in [-0.3, -0.25) is 27.9 Å². The van der Waals surface area contributed by atoms with Crippen LogP contribution in [0, 0.1) is 5.41 Å². The van der Waals surface area contributed by atoms with Crippen molar-refractivity contribution in [1.82, 2.24) is 14.9 Å². The van der Waals surface area contributed by atoms with E-state index in [1.165, 1.54) is 20.9 Å². The monoisotopic (exact) mass is 793 g/mol. The van der Waals surface area contributed by atoms with Crippen LogP contribution in [0.2, 0.25) is 0 Å². The van der Waals surface area contributed by atoms with E-state index in [-0.39, 0.29) is 30.3 Å². The number of hydrogen-bond donors (Lipinski definition) is 8. The lowest BCUT2D eigenvalue weighted by Crippen LogP contribution is -2.46. The predicted octanol–water partition coefficient (Wildman–Crippen LogP) is 0.622. The van der Waals surface area contributed by atoms with Gasteiger partial charge in [-0.2, -0.15) is 4.31 Å². The number of carbonyl (C=O) groups excluding carboxylic acids is 1. The number of nitrogens with two attached hydrogens (primary N) is 1. The molecule has 0 bridgehead atoms. The number of aliphatic imine (C=N–C) groups is 2. The Balaban J connectivity index is 2.06. The van der Waals surface area contributed by atoms with Crippen LogP contribution in [-0.4, -0.2) is 120 Å². The third-order valence-electron chi connectivity index (χ3n) is 6.70. The van der Waals surface area contributed by atoms with Crippen LogP contribution in [0.5, 0.6) is 0 Å². The normalized spacial score (nSPS) is 23.7. The van der Waals surface area contributed by atoms with Crippen molar-refractivity contribution < 1.29 is 75.7 Å². The van der Waals surface area contributed by atoms with Crippen LogP contribution in [0.1, 0.15) is 59.9 Å². The second kappa shape index (κ2) is 17.6. The summed E-state index contributed by atoms with van der Waals surface area (Å²) >= 11 is 0. The van der Waals surface area contributed by atoms with Crippen LogP contribution in [0.25, 0.3) is 0 Å². The van der Waals surface area contributed by atoms with E-state index >= 15 is 0 Å². The molecular weight excluding hydrogens is 747 g/mol. The zero-order valence-corrected chi connectivity index (χ0v) is 31.6. The summed E-state index contributed by atoms with van der Waals surface area (Å²) in [6, 6.07) is 0. The summed E-state index contributed by atoms with van der Waals surface area (Å²) in [4.78, 5) is 68.5. The predicted molar refractivity (Wildman–Crippen MR) is 179 cm³/mol. The number of carbonyl (C=O) groups is 1. The number of imidazole rings is 1. The number of amides is 1. The lowest BCUT2D eigenvalue weighted by molar-refractivity contribution is -0.136. The Morgan fingerprint density at radius 2 is 1.76 bits per heavy atom. The third-order valence-corrected chi connectivity index (χ3v) is 9.80. The maximum absolute atomic E-state index is 12.7. The largest absolute Gasteiger partial charge is 0.481 e. The van der Waals surface area contributed by atoms with Crippen LogP contribution in [0.4, 0.5) is 5.82 Å². The standard InChI is InChI=1S/C25H46N7O16P3/c1-14(31-47-24(2,3)4)9-10-29-22(35)19(34)25(5,6)12-44-51(41,42)48-50(39,40)43-11-15-18(46-49(36,37)38)17(33)23(45-15)32-13-30-16(20(26)27-7)21(32)28-8/h13,15,17-19,23,33-34H,8-12H2,1-7H3,(H2,26,27)(H,29,35)(H,39,40)(H,41,42)(H2,36,37,38)/b31-14+/t15?,17?,18?,19-,23?/m1/s1. The summed E-state index contributed by atoms with van der Waals surface area (Å²) < 4.78 is 62.0. The Bertz CT molecular complexity index is 1590. The first-order valence-electron chi connectivity index (χ1n) is 14.9. The summed E-state index contributed by atoms with van der Waals surface area (Å²) in [5.41, 5.74) is 4.32. The second-order valence-electron chi connectivity index (χ2n) is 12.8. The zero-order chi connectivity index (χ0) is 39.2. The quantitative estimate of drug-likeness (QED) is 0.0412. The number of aromatic nitrogens is 2. The fourth-order valence-corrected chi connectivity index (χ4v) is 6.94. The zero-order valence-electron chi connectivity index (χ0n) is 28.9. The van der Waals surface area contributed by atoms with Crippen LogP contribution >= 0.6 is 23.5 Å². The Kier molecular flexibility index (Phi) is 15.4. The van der Waals surface area contributed by atoms with E-state index in [1.54, 1.807) is 6.92 Å². The summed E-state index contributed by atoms with van der Waals surface area (Å²) in [6.07, 6.45) is -7.51. The lowest BCUT2D eigenvalue weighted by Gasteiger charge is -2.30. The van der Waals surface area contributed by atoms with Gasteiger partial charge in [0.15, 0.2) is 12.0 Å². The molecule has 1 fully saturated rings. The number of oxime groups is 1. The fraction of sp³-hybridized carbons (Fsp3) is 0.720. The van der Waals surface area contributed by atoms with Crippen LogP contribution < -0.4 is 11.1 Å². The molecule has 1 saturated heterocycles. The topological polar surface area (TPSA) is 338 Å². The number of ether oxygens (including phenoxy) is 1. The third kappa shape index (κ3) is 13.8. The molecule has 2 heterocycles. The van der Waals surface area contributed by atoms with Gasteiger partial charge in [0.25, 0.3) is 0 Å². The van der Waals surface area contributed by atoms with E-state index in [0.717, 1.165) is 10.9 Å². The highest BCUT2D eigenvalue weighted by molar-refractivity contribution is 7.61. The highest BCUT2D eigenvalue weighted by Crippen LogP contribution is 2.61. The molecule has 2 rings (SSSR count). The summed E-state index contributed by atoms with van der Waals surface area (Å²) in [5, 5.41) is 27.9. The van der Waals surface area contributed by atoms with Crippen molar-refractivity contribution in [3.8, 4) is 0 Å². The van der Waals surface area contributed by atoms with Gasteiger partial charge in [0, 0.05) is 25.4 Å². The number of aliphatic hydroxyl groups excluding tert-OH is 2. The van der Waals surface area contributed by atoms with Gasteiger partial charge in [0.2, 0.25) is 5.91 Å². The molecule has 1 amide bonds.